The summed E-state index contributed by atoms with van der Waals surface area (Å²) in [6, 6.07) is 3.98. The SMILES string of the molecule is COCC(=O)CN(C)CCc1ccncc1. The summed E-state index contributed by atoms with van der Waals surface area (Å²) in [4.78, 5) is 17.3. The van der Waals surface area contributed by atoms with Crippen LogP contribution in [-0.2, 0) is 16.0 Å². The molecule has 1 rings (SSSR count). The molecule has 1 aromatic rings. The molecular weight excluding hydrogens is 204 g/mol. The predicted molar refractivity (Wildman–Crippen MR) is 62.3 cm³/mol. The Morgan fingerprint density at radius 2 is 2.12 bits per heavy atom. The van der Waals surface area contributed by atoms with E-state index in [-0.39, 0.29) is 12.4 Å². The highest BCUT2D eigenvalue weighted by atomic mass is 16.5. The summed E-state index contributed by atoms with van der Waals surface area (Å²) >= 11 is 0. The minimum Gasteiger partial charge on any atom is -0.377 e. The molecule has 0 spiro atoms. The summed E-state index contributed by atoms with van der Waals surface area (Å²) in [6.07, 6.45) is 4.50. The van der Waals surface area contributed by atoms with Gasteiger partial charge in [0.2, 0.25) is 0 Å². The maximum atomic E-state index is 11.3. The fraction of sp³-hybridized carbons (Fsp3) is 0.500. The first-order chi connectivity index (χ1) is 7.72. The Bertz CT molecular complexity index is 314. The second kappa shape index (κ2) is 7.09. The summed E-state index contributed by atoms with van der Waals surface area (Å²) in [5, 5.41) is 0. The molecule has 0 radical (unpaired) electrons. The second-order valence-corrected chi connectivity index (χ2v) is 3.81. The summed E-state index contributed by atoms with van der Waals surface area (Å²) in [6.45, 7) is 1.50. The van der Waals surface area contributed by atoms with E-state index in [2.05, 4.69) is 4.98 Å². The van der Waals surface area contributed by atoms with Gasteiger partial charge in [0.15, 0.2) is 5.78 Å². The fourth-order valence-corrected chi connectivity index (χ4v) is 1.46. The van der Waals surface area contributed by atoms with Crippen LogP contribution in [0.2, 0.25) is 0 Å². The van der Waals surface area contributed by atoms with Crippen molar-refractivity contribution in [1.29, 1.82) is 0 Å². The van der Waals surface area contributed by atoms with E-state index in [0.717, 1.165) is 13.0 Å². The van der Waals surface area contributed by atoms with Crippen molar-refractivity contribution in [3.63, 3.8) is 0 Å². The fourth-order valence-electron chi connectivity index (χ4n) is 1.46. The molecule has 4 nitrogen and oxygen atoms in total. The van der Waals surface area contributed by atoms with Gasteiger partial charge in [-0.15, -0.1) is 0 Å². The van der Waals surface area contributed by atoms with Gasteiger partial charge >= 0.3 is 0 Å². The molecular formula is C12H18N2O2. The first-order valence-electron chi connectivity index (χ1n) is 5.30. The molecule has 0 aliphatic carbocycles. The van der Waals surface area contributed by atoms with E-state index >= 15 is 0 Å². The van der Waals surface area contributed by atoms with Crippen LogP contribution in [0.1, 0.15) is 5.56 Å². The Kier molecular flexibility index (Phi) is 5.67. The van der Waals surface area contributed by atoms with Gasteiger partial charge < -0.3 is 4.74 Å². The van der Waals surface area contributed by atoms with Crippen LogP contribution in [-0.4, -0.2) is 49.5 Å². The number of ketones is 1. The van der Waals surface area contributed by atoms with Crippen molar-refractivity contribution in [2.75, 3.05) is 33.9 Å². The van der Waals surface area contributed by atoms with Crippen molar-refractivity contribution in [2.24, 2.45) is 0 Å². The Hall–Kier alpha value is -1.26. The van der Waals surface area contributed by atoms with Crippen LogP contribution in [0.3, 0.4) is 0 Å². The number of aromatic nitrogens is 1. The third kappa shape index (κ3) is 5.00. The number of hydrogen-bond donors (Lipinski definition) is 0. The van der Waals surface area contributed by atoms with Crippen LogP contribution in [0.25, 0.3) is 0 Å². The van der Waals surface area contributed by atoms with Crippen molar-refractivity contribution in [3.8, 4) is 0 Å². The summed E-state index contributed by atoms with van der Waals surface area (Å²) in [5.41, 5.74) is 1.24. The zero-order valence-corrected chi connectivity index (χ0v) is 9.85. The van der Waals surface area contributed by atoms with Gasteiger partial charge in [-0.05, 0) is 31.2 Å². The van der Waals surface area contributed by atoms with Crippen molar-refractivity contribution < 1.29 is 9.53 Å². The van der Waals surface area contributed by atoms with E-state index in [1.54, 1.807) is 12.4 Å². The second-order valence-electron chi connectivity index (χ2n) is 3.81. The first kappa shape index (κ1) is 12.8. The molecule has 16 heavy (non-hydrogen) atoms. The molecule has 1 aromatic heterocycles. The number of nitrogens with zero attached hydrogens (tertiary/aromatic N) is 2. The van der Waals surface area contributed by atoms with E-state index in [0.29, 0.717) is 6.54 Å². The average Bonchev–Trinajstić information content (AvgIpc) is 2.28. The van der Waals surface area contributed by atoms with Crippen LogP contribution in [0, 0.1) is 0 Å². The van der Waals surface area contributed by atoms with Gasteiger partial charge in [-0.2, -0.15) is 0 Å². The van der Waals surface area contributed by atoms with Crippen LogP contribution in [0.4, 0.5) is 0 Å². The smallest absolute Gasteiger partial charge is 0.172 e. The van der Waals surface area contributed by atoms with Crippen molar-refractivity contribution in [1.82, 2.24) is 9.88 Å². The molecule has 0 amide bonds. The highest BCUT2D eigenvalue weighted by Gasteiger charge is 2.05. The topological polar surface area (TPSA) is 42.4 Å². The molecule has 0 fully saturated rings. The number of carbonyl (C=O) groups excluding carboxylic acids is 1. The van der Waals surface area contributed by atoms with Crippen LogP contribution < -0.4 is 0 Å². The van der Waals surface area contributed by atoms with Crippen molar-refractivity contribution in [3.05, 3.63) is 30.1 Å². The highest BCUT2D eigenvalue weighted by molar-refractivity contribution is 5.81. The molecule has 0 unspecified atom stereocenters. The summed E-state index contributed by atoms with van der Waals surface area (Å²) in [5.74, 6) is 0.111. The molecule has 0 aliphatic heterocycles. The van der Waals surface area contributed by atoms with E-state index in [1.807, 2.05) is 24.1 Å². The largest absolute Gasteiger partial charge is 0.377 e. The van der Waals surface area contributed by atoms with Crippen LogP contribution in [0.5, 0.6) is 0 Å². The molecule has 0 saturated carbocycles. The lowest BCUT2D eigenvalue weighted by Gasteiger charge is -2.15. The number of Topliss-reactive ketones (excluding diaryl/α,β-unsaturated/α-hetero) is 1. The number of hydrogen-bond acceptors (Lipinski definition) is 4. The lowest BCUT2D eigenvalue weighted by molar-refractivity contribution is -0.123. The monoisotopic (exact) mass is 222 g/mol. The normalized spacial score (nSPS) is 10.7. The molecule has 0 aliphatic rings. The highest BCUT2D eigenvalue weighted by Crippen LogP contribution is 1.98. The molecule has 1 heterocycles. The number of methoxy groups -OCH3 is 1. The number of pyridine rings is 1. The summed E-state index contributed by atoms with van der Waals surface area (Å²) in [7, 11) is 3.48. The van der Waals surface area contributed by atoms with Gasteiger partial charge in [0.25, 0.3) is 0 Å². The maximum Gasteiger partial charge on any atom is 0.172 e. The van der Waals surface area contributed by atoms with E-state index < -0.39 is 0 Å². The number of carbonyl (C=O) groups is 1. The zero-order chi connectivity index (χ0) is 11.8. The molecule has 0 saturated heterocycles. The van der Waals surface area contributed by atoms with E-state index in [9.17, 15) is 4.79 Å². The van der Waals surface area contributed by atoms with Gasteiger partial charge in [-0.1, -0.05) is 0 Å². The molecule has 4 heteroatoms. The van der Waals surface area contributed by atoms with Gasteiger partial charge in [-0.25, -0.2) is 0 Å². The van der Waals surface area contributed by atoms with Crippen LogP contribution >= 0.6 is 0 Å². The van der Waals surface area contributed by atoms with Gasteiger partial charge in [0.05, 0.1) is 6.54 Å². The quantitative estimate of drug-likeness (QED) is 0.683. The molecule has 0 bridgehead atoms. The molecule has 88 valence electrons. The lowest BCUT2D eigenvalue weighted by atomic mass is 10.2. The zero-order valence-electron chi connectivity index (χ0n) is 9.85. The Labute approximate surface area is 96.2 Å². The minimum absolute atomic E-state index is 0.111. The Morgan fingerprint density at radius 3 is 2.75 bits per heavy atom. The third-order valence-corrected chi connectivity index (χ3v) is 2.28. The van der Waals surface area contributed by atoms with Crippen molar-refractivity contribution >= 4 is 5.78 Å². The third-order valence-electron chi connectivity index (χ3n) is 2.28. The Balaban J connectivity index is 2.25. The van der Waals surface area contributed by atoms with E-state index in [4.69, 9.17) is 4.74 Å². The summed E-state index contributed by atoms with van der Waals surface area (Å²) < 4.78 is 4.78. The van der Waals surface area contributed by atoms with Crippen molar-refractivity contribution in [2.45, 2.75) is 6.42 Å². The minimum atomic E-state index is 0.111. The molecule has 0 aromatic carbocycles. The number of rotatable bonds is 7. The van der Waals surface area contributed by atoms with Gasteiger partial charge in [0, 0.05) is 26.0 Å². The van der Waals surface area contributed by atoms with Gasteiger partial charge in [0.1, 0.15) is 6.61 Å². The predicted octanol–water partition coefficient (Wildman–Crippen LogP) is 0.771. The van der Waals surface area contributed by atoms with Crippen LogP contribution in [0.15, 0.2) is 24.5 Å². The average molecular weight is 222 g/mol. The van der Waals surface area contributed by atoms with E-state index in [1.165, 1.54) is 12.7 Å². The standard InChI is InChI=1S/C12H18N2O2/c1-14(9-12(15)10-16-2)8-5-11-3-6-13-7-4-11/h3-4,6-7H,5,8-10H2,1-2H3. The maximum absolute atomic E-state index is 11.3. The molecule has 0 atom stereocenters. The Morgan fingerprint density at radius 1 is 1.44 bits per heavy atom. The first-order valence-corrected chi connectivity index (χ1v) is 5.30. The number of likely N-dealkylation sites (N-methyl/N-ethyl adjacent to an activating group) is 1. The number of ether oxygens (including phenoxy) is 1. The van der Waals surface area contributed by atoms with Gasteiger partial charge in [-0.3, -0.25) is 14.7 Å². The lowest BCUT2D eigenvalue weighted by Crippen LogP contribution is -2.29. The molecule has 0 N–H and O–H groups in total.